The van der Waals surface area contributed by atoms with E-state index in [1.165, 1.54) is 5.56 Å². The average molecular weight is 357 g/mol. The van der Waals surface area contributed by atoms with Gasteiger partial charge in [0.15, 0.2) is 0 Å². The first-order valence-corrected chi connectivity index (χ1v) is 9.26. The van der Waals surface area contributed by atoms with Crippen LogP contribution in [-0.4, -0.2) is 16.5 Å². The van der Waals surface area contributed by atoms with Gasteiger partial charge >= 0.3 is 0 Å². The summed E-state index contributed by atoms with van der Waals surface area (Å²) in [7, 11) is 0. The van der Waals surface area contributed by atoms with Gasteiger partial charge in [-0.25, -0.2) is 0 Å². The summed E-state index contributed by atoms with van der Waals surface area (Å²) in [5.41, 5.74) is 3.99. The standard InChI is InChI=1S/C21H25ClN2O/c1-4-14-6-8-15(9-7-14)18-13-19(24-21(3,5-2)23-18)17-12-16(22)10-11-20(17)25/h6-12,19,24-25H,4-5,13H2,1-3H3/t19-,21+/m0/s1. The van der Waals surface area contributed by atoms with Crippen molar-refractivity contribution < 1.29 is 5.11 Å². The Hall–Kier alpha value is -1.84. The van der Waals surface area contributed by atoms with Gasteiger partial charge in [-0.3, -0.25) is 10.3 Å². The number of nitrogens with zero attached hydrogens (tertiary/aromatic N) is 1. The number of rotatable bonds is 4. The van der Waals surface area contributed by atoms with Crippen LogP contribution in [0.5, 0.6) is 5.75 Å². The molecule has 132 valence electrons. The molecule has 4 heteroatoms. The van der Waals surface area contributed by atoms with E-state index in [0.717, 1.165) is 36.1 Å². The van der Waals surface area contributed by atoms with Crippen LogP contribution in [0, 0.1) is 0 Å². The highest BCUT2D eigenvalue weighted by molar-refractivity contribution is 6.30. The Kier molecular flexibility index (Phi) is 5.16. The number of phenolic OH excluding ortho intramolecular Hbond substituents is 1. The van der Waals surface area contributed by atoms with E-state index in [1.807, 2.05) is 6.07 Å². The van der Waals surface area contributed by atoms with Crippen molar-refractivity contribution in [2.45, 2.75) is 51.7 Å². The maximum absolute atomic E-state index is 10.3. The quantitative estimate of drug-likeness (QED) is 0.785. The largest absolute Gasteiger partial charge is 0.508 e. The Bertz CT molecular complexity index is 785. The number of aromatic hydroxyl groups is 1. The molecule has 0 spiro atoms. The Morgan fingerprint density at radius 3 is 2.56 bits per heavy atom. The molecule has 2 atom stereocenters. The number of hydrogen-bond donors (Lipinski definition) is 2. The van der Waals surface area contributed by atoms with Crippen LogP contribution in [0.1, 0.15) is 56.3 Å². The van der Waals surface area contributed by atoms with Crippen LogP contribution in [0.3, 0.4) is 0 Å². The van der Waals surface area contributed by atoms with Crippen molar-refractivity contribution in [3.63, 3.8) is 0 Å². The van der Waals surface area contributed by atoms with Crippen molar-refractivity contribution in [1.29, 1.82) is 0 Å². The first-order chi connectivity index (χ1) is 11.9. The van der Waals surface area contributed by atoms with E-state index in [9.17, 15) is 5.11 Å². The third kappa shape index (κ3) is 3.88. The monoisotopic (exact) mass is 356 g/mol. The number of phenols is 1. The van der Waals surface area contributed by atoms with E-state index < -0.39 is 0 Å². The predicted octanol–water partition coefficient (Wildman–Crippen LogP) is 5.26. The molecule has 2 N–H and O–H groups in total. The Balaban J connectivity index is 1.99. The zero-order valence-corrected chi connectivity index (χ0v) is 15.8. The van der Waals surface area contributed by atoms with Crippen LogP contribution >= 0.6 is 11.6 Å². The fourth-order valence-corrected chi connectivity index (χ4v) is 3.46. The summed E-state index contributed by atoms with van der Waals surface area (Å²) in [6.45, 7) is 6.37. The van der Waals surface area contributed by atoms with Crippen LogP contribution in [0.2, 0.25) is 5.02 Å². The molecule has 0 aromatic heterocycles. The summed E-state index contributed by atoms with van der Waals surface area (Å²) >= 11 is 6.16. The second-order valence-corrected chi connectivity index (χ2v) is 7.28. The molecule has 0 bridgehead atoms. The molecule has 0 fully saturated rings. The molecule has 1 heterocycles. The van der Waals surface area contributed by atoms with Crippen LogP contribution < -0.4 is 5.32 Å². The second-order valence-electron chi connectivity index (χ2n) is 6.84. The summed E-state index contributed by atoms with van der Waals surface area (Å²) in [5.74, 6) is 0.267. The minimum absolute atomic E-state index is 0.0259. The summed E-state index contributed by atoms with van der Waals surface area (Å²) in [6, 6.07) is 13.8. The third-order valence-electron chi connectivity index (χ3n) is 5.01. The van der Waals surface area contributed by atoms with E-state index in [-0.39, 0.29) is 17.5 Å². The lowest BCUT2D eigenvalue weighted by molar-refractivity contribution is 0.295. The van der Waals surface area contributed by atoms with Crippen molar-refractivity contribution in [3.8, 4) is 5.75 Å². The molecule has 2 aromatic rings. The van der Waals surface area contributed by atoms with Gasteiger partial charge in [0.2, 0.25) is 0 Å². The molecule has 3 nitrogen and oxygen atoms in total. The predicted molar refractivity (Wildman–Crippen MR) is 105 cm³/mol. The van der Waals surface area contributed by atoms with Gasteiger partial charge in [-0.2, -0.15) is 0 Å². The first-order valence-electron chi connectivity index (χ1n) is 8.88. The number of aliphatic imine (C=N–C) groups is 1. The highest BCUT2D eigenvalue weighted by Crippen LogP contribution is 2.35. The Morgan fingerprint density at radius 2 is 1.92 bits per heavy atom. The lowest BCUT2D eigenvalue weighted by atomic mass is 9.91. The topological polar surface area (TPSA) is 44.6 Å². The second kappa shape index (κ2) is 7.19. The van der Waals surface area contributed by atoms with Gasteiger partial charge in [0, 0.05) is 28.8 Å². The fraction of sp³-hybridized carbons (Fsp3) is 0.381. The smallest absolute Gasteiger partial charge is 0.120 e. The van der Waals surface area contributed by atoms with Crippen molar-refractivity contribution >= 4 is 17.3 Å². The van der Waals surface area contributed by atoms with Gasteiger partial charge in [0.1, 0.15) is 11.4 Å². The minimum atomic E-state index is -0.365. The van der Waals surface area contributed by atoms with E-state index >= 15 is 0 Å². The maximum Gasteiger partial charge on any atom is 0.120 e. The Morgan fingerprint density at radius 1 is 1.20 bits per heavy atom. The number of benzene rings is 2. The van der Waals surface area contributed by atoms with Gasteiger partial charge in [0.05, 0.1) is 0 Å². The summed E-state index contributed by atoms with van der Waals surface area (Å²) in [5, 5.41) is 14.5. The normalized spacial score (nSPS) is 23.4. The molecule has 1 aliphatic heterocycles. The van der Waals surface area contributed by atoms with Crippen molar-refractivity contribution in [1.82, 2.24) is 5.32 Å². The van der Waals surface area contributed by atoms with E-state index in [1.54, 1.807) is 12.1 Å². The Labute approximate surface area is 154 Å². The van der Waals surface area contributed by atoms with Crippen molar-refractivity contribution in [3.05, 3.63) is 64.2 Å². The van der Waals surface area contributed by atoms with Crippen LogP contribution in [0.25, 0.3) is 0 Å². The number of hydrogen-bond acceptors (Lipinski definition) is 3. The molecule has 0 unspecified atom stereocenters. The molecule has 25 heavy (non-hydrogen) atoms. The van der Waals surface area contributed by atoms with E-state index in [2.05, 4.69) is 50.4 Å². The van der Waals surface area contributed by atoms with Gasteiger partial charge in [-0.15, -0.1) is 0 Å². The molecule has 3 rings (SSSR count). The zero-order valence-electron chi connectivity index (χ0n) is 15.0. The highest BCUT2D eigenvalue weighted by atomic mass is 35.5. The molecule has 0 amide bonds. The molecular weight excluding hydrogens is 332 g/mol. The van der Waals surface area contributed by atoms with Crippen LogP contribution in [-0.2, 0) is 6.42 Å². The number of nitrogens with one attached hydrogen (secondary N) is 1. The number of halogens is 1. The van der Waals surface area contributed by atoms with Crippen LogP contribution in [0.4, 0.5) is 0 Å². The molecule has 0 saturated heterocycles. The molecule has 0 saturated carbocycles. The third-order valence-corrected chi connectivity index (χ3v) is 5.25. The maximum atomic E-state index is 10.3. The average Bonchev–Trinajstić information content (AvgIpc) is 2.63. The van der Waals surface area contributed by atoms with Gasteiger partial charge in [0.25, 0.3) is 0 Å². The molecule has 1 aliphatic rings. The van der Waals surface area contributed by atoms with Gasteiger partial charge < -0.3 is 5.11 Å². The SMILES string of the molecule is CCc1ccc(C2=N[C@@](C)(CC)N[C@H](c3cc(Cl)ccc3O)C2)cc1. The number of aryl methyl sites for hydroxylation is 1. The van der Waals surface area contributed by atoms with Gasteiger partial charge in [-0.05, 0) is 49.1 Å². The first kappa shape index (κ1) is 18.0. The summed E-state index contributed by atoms with van der Waals surface area (Å²) in [6.07, 6.45) is 2.61. The molecule has 2 aromatic carbocycles. The molecular formula is C21H25ClN2O. The van der Waals surface area contributed by atoms with Crippen molar-refractivity contribution in [2.24, 2.45) is 4.99 Å². The molecule has 0 aliphatic carbocycles. The zero-order chi connectivity index (χ0) is 18.0. The molecule has 0 radical (unpaired) electrons. The lowest BCUT2D eigenvalue weighted by Gasteiger charge is -2.37. The minimum Gasteiger partial charge on any atom is -0.508 e. The fourth-order valence-electron chi connectivity index (χ4n) is 3.28. The van der Waals surface area contributed by atoms with E-state index in [4.69, 9.17) is 16.6 Å². The highest BCUT2D eigenvalue weighted by Gasteiger charge is 2.33. The van der Waals surface area contributed by atoms with Crippen LogP contribution in [0.15, 0.2) is 47.5 Å². The van der Waals surface area contributed by atoms with Gasteiger partial charge in [-0.1, -0.05) is 49.7 Å². The summed E-state index contributed by atoms with van der Waals surface area (Å²) < 4.78 is 0. The van der Waals surface area contributed by atoms with Crippen molar-refractivity contribution in [2.75, 3.05) is 0 Å². The summed E-state index contributed by atoms with van der Waals surface area (Å²) in [4.78, 5) is 4.98. The van der Waals surface area contributed by atoms with E-state index in [0.29, 0.717) is 5.02 Å². The lowest BCUT2D eigenvalue weighted by Crippen LogP contribution is -2.47.